The summed E-state index contributed by atoms with van der Waals surface area (Å²) in [6.45, 7) is 9.38. The van der Waals surface area contributed by atoms with Gasteiger partial charge in [0.15, 0.2) is 0 Å². The van der Waals surface area contributed by atoms with E-state index in [0.717, 1.165) is 5.92 Å². The van der Waals surface area contributed by atoms with Crippen molar-refractivity contribution in [1.82, 2.24) is 0 Å². The van der Waals surface area contributed by atoms with E-state index in [9.17, 15) is 0 Å². The van der Waals surface area contributed by atoms with Gasteiger partial charge in [0.1, 0.15) is 0 Å². The molecule has 0 spiro atoms. The zero-order valence-electron chi connectivity index (χ0n) is 16.2. The largest absolute Gasteiger partial charge is 1.00 e. The molecule has 4 rings (SSSR count). The maximum Gasteiger partial charge on any atom is -0.0809 e. The standard InChI is InChI=1S/2C9H7.C4H8.C2H5.2ClH.Zr/c2*1-2-5-9-7-3-6-8(9)4-1;1-4(2)3;1-2;;;/h2*1-7H;1,4H,2-3H3;1H2,2H3;2*1H;/q2*-1;;-1;;;+2/p-2. The summed E-state index contributed by atoms with van der Waals surface area (Å²) >= 11 is 1.54. The summed E-state index contributed by atoms with van der Waals surface area (Å²) in [6.07, 6.45) is 0. The maximum atomic E-state index is 3.25. The van der Waals surface area contributed by atoms with Gasteiger partial charge in [-0.3, -0.25) is 0 Å². The first-order chi connectivity index (χ1) is 12.2. The molecule has 0 nitrogen and oxygen atoms in total. The summed E-state index contributed by atoms with van der Waals surface area (Å²) in [5.74, 6) is 0.799. The Hall–Kier alpha value is -1.01. The molecule has 0 aromatic heterocycles. The Labute approximate surface area is 191 Å². The monoisotopic (exact) mass is 475 g/mol. The SMILES string of the molecule is CC(C)[CH]=[Zr+2].[CH2-]C.[Cl-].[Cl-].c1ccc2[cH-]ccc2c1.c1ccc2[cH-]ccc2c1. The Bertz CT molecular complexity index is 717. The minimum atomic E-state index is 0. The van der Waals surface area contributed by atoms with Crippen LogP contribution in [0.1, 0.15) is 20.8 Å². The van der Waals surface area contributed by atoms with E-state index in [1.54, 1.807) is 6.92 Å². The summed E-state index contributed by atoms with van der Waals surface area (Å²) in [4.78, 5) is 0. The van der Waals surface area contributed by atoms with E-state index in [1.807, 2.05) is 0 Å². The molecule has 0 heterocycles. The molecule has 0 bridgehead atoms. The van der Waals surface area contributed by atoms with Crippen LogP contribution in [0.3, 0.4) is 0 Å². The molecule has 4 aromatic rings. The summed E-state index contributed by atoms with van der Waals surface area (Å²) in [6, 6.07) is 29.3. The third-order valence-corrected chi connectivity index (χ3v) is 5.07. The van der Waals surface area contributed by atoms with Gasteiger partial charge in [-0.25, -0.2) is 0 Å². The summed E-state index contributed by atoms with van der Waals surface area (Å²) in [5, 5.41) is 5.32. The number of halogens is 2. The van der Waals surface area contributed by atoms with E-state index < -0.39 is 0 Å². The van der Waals surface area contributed by atoms with Gasteiger partial charge in [-0.2, -0.15) is 42.0 Å². The fourth-order valence-electron chi connectivity index (χ4n) is 2.14. The first-order valence-corrected chi connectivity index (χ1v) is 10.0. The average molecular weight is 478 g/mol. The first-order valence-electron chi connectivity index (χ1n) is 8.63. The summed E-state index contributed by atoms with van der Waals surface area (Å²) < 4.78 is 2.26. The van der Waals surface area contributed by atoms with Crippen molar-refractivity contribution in [2.45, 2.75) is 20.8 Å². The van der Waals surface area contributed by atoms with Crippen LogP contribution >= 0.6 is 0 Å². The second kappa shape index (κ2) is 17.1. The third kappa shape index (κ3) is 10.8. The minimum Gasteiger partial charge on any atom is -1.00 e. The van der Waals surface area contributed by atoms with Crippen molar-refractivity contribution in [3.8, 4) is 0 Å². The van der Waals surface area contributed by atoms with Gasteiger partial charge < -0.3 is 31.7 Å². The van der Waals surface area contributed by atoms with Crippen LogP contribution in [0.15, 0.2) is 84.9 Å². The van der Waals surface area contributed by atoms with Gasteiger partial charge >= 0.3 is 47.7 Å². The average Bonchev–Trinajstić information content (AvgIpc) is 3.33. The quantitative estimate of drug-likeness (QED) is 0.359. The first kappa shape index (κ1) is 28.2. The van der Waals surface area contributed by atoms with E-state index in [4.69, 9.17) is 0 Å². The van der Waals surface area contributed by atoms with E-state index in [0.29, 0.717) is 0 Å². The zero-order valence-corrected chi connectivity index (χ0v) is 20.2. The van der Waals surface area contributed by atoms with Crippen LogP contribution in [0.25, 0.3) is 21.5 Å². The Morgan fingerprint density at radius 3 is 1.37 bits per heavy atom. The molecule has 0 aliphatic heterocycles. The molecule has 0 aliphatic rings. The summed E-state index contributed by atoms with van der Waals surface area (Å²) in [5.41, 5.74) is 0. The maximum absolute atomic E-state index is 3.25. The predicted octanol–water partition coefficient (Wildman–Crippen LogP) is 0.957. The van der Waals surface area contributed by atoms with E-state index in [2.05, 4.69) is 109 Å². The smallest absolute Gasteiger partial charge is 0.0809 e. The molecule has 0 saturated heterocycles. The van der Waals surface area contributed by atoms with Gasteiger partial charge in [0, 0.05) is 0 Å². The van der Waals surface area contributed by atoms with E-state index >= 15 is 0 Å². The molecule has 0 aliphatic carbocycles. The van der Waals surface area contributed by atoms with Crippen molar-refractivity contribution >= 4 is 25.3 Å². The topological polar surface area (TPSA) is 0 Å². The van der Waals surface area contributed by atoms with Gasteiger partial charge in [0.25, 0.3) is 0 Å². The molecule has 0 saturated carbocycles. The molecular weight excluding hydrogens is 450 g/mol. The minimum absolute atomic E-state index is 0. The van der Waals surface area contributed by atoms with Crippen LogP contribution in [0.5, 0.6) is 0 Å². The molecular formula is C24H27Cl2Zr-3. The van der Waals surface area contributed by atoms with Gasteiger partial charge in [0.2, 0.25) is 0 Å². The normalized spacial score (nSPS) is 8.70. The molecule has 0 atom stereocenters. The van der Waals surface area contributed by atoms with E-state index in [1.165, 1.54) is 45.8 Å². The van der Waals surface area contributed by atoms with Crippen LogP contribution in [0, 0.1) is 12.8 Å². The fourth-order valence-corrected chi connectivity index (χ4v) is 2.14. The third-order valence-electron chi connectivity index (χ3n) is 3.43. The fraction of sp³-hybridized carbons (Fsp3) is 0.167. The van der Waals surface area contributed by atoms with Crippen LogP contribution in [0.2, 0.25) is 0 Å². The number of hydrogen-bond acceptors (Lipinski definition) is 0. The molecule has 0 unspecified atom stereocenters. The number of rotatable bonds is 1. The van der Waals surface area contributed by atoms with Crippen LogP contribution in [-0.2, 0) is 24.2 Å². The molecule has 0 radical (unpaired) electrons. The van der Waals surface area contributed by atoms with Crippen molar-refractivity contribution in [3.05, 3.63) is 91.9 Å². The van der Waals surface area contributed by atoms with Gasteiger partial charge in [-0.15, -0.1) is 59.3 Å². The number of benzene rings is 2. The Balaban J connectivity index is 0. The van der Waals surface area contributed by atoms with Crippen molar-refractivity contribution in [3.63, 3.8) is 0 Å². The molecule has 27 heavy (non-hydrogen) atoms. The van der Waals surface area contributed by atoms with Crippen LogP contribution in [-0.4, -0.2) is 3.71 Å². The zero-order chi connectivity index (χ0) is 18.5. The molecule has 0 fully saturated rings. The van der Waals surface area contributed by atoms with Crippen molar-refractivity contribution < 1.29 is 49.0 Å². The van der Waals surface area contributed by atoms with E-state index in [-0.39, 0.29) is 24.8 Å². The van der Waals surface area contributed by atoms with Crippen LogP contribution in [0.4, 0.5) is 0 Å². The van der Waals surface area contributed by atoms with Crippen molar-refractivity contribution in [2.75, 3.05) is 0 Å². The van der Waals surface area contributed by atoms with Crippen molar-refractivity contribution in [2.24, 2.45) is 5.92 Å². The molecule has 4 aromatic carbocycles. The molecule has 144 valence electrons. The second-order valence-corrected chi connectivity index (χ2v) is 6.54. The van der Waals surface area contributed by atoms with Gasteiger partial charge in [-0.05, 0) is 0 Å². The van der Waals surface area contributed by atoms with Crippen LogP contribution < -0.4 is 24.8 Å². The Kier molecular flexibility index (Phi) is 17.9. The molecule has 3 heteroatoms. The van der Waals surface area contributed by atoms with Gasteiger partial charge in [-0.1, -0.05) is 12.1 Å². The van der Waals surface area contributed by atoms with Crippen molar-refractivity contribution in [1.29, 1.82) is 0 Å². The molecule has 0 amide bonds. The van der Waals surface area contributed by atoms with Gasteiger partial charge in [0.05, 0.1) is 0 Å². The predicted molar refractivity (Wildman–Crippen MR) is 111 cm³/mol. The second-order valence-electron chi connectivity index (χ2n) is 5.72. The number of fused-ring (bicyclic) bond motifs is 2. The molecule has 0 N–H and O–H groups in total. The Morgan fingerprint density at radius 1 is 0.741 bits per heavy atom. The number of hydrogen-bond donors (Lipinski definition) is 0. The Morgan fingerprint density at radius 2 is 1.07 bits per heavy atom. The summed E-state index contributed by atoms with van der Waals surface area (Å²) in [7, 11) is 0.